The van der Waals surface area contributed by atoms with Crippen LogP contribution in [0, 0.1) is 0 Å². The Bertz CT molecular complexity index is 7740. The lowest BCUT2D eigenvalue weighted by Crippen LogP contribution is -2.34. The van der Waals surface area contributed by atoms with Gasteiger partial charge in [-0.3, -0.25) is 0 Å². The number of fused-ring (bicyclic) bond motifs is 18. The average Bonchev–Trinajstić information content (AvgIpc) is 1.54. The second-order valence-corrected chi connectivity index (χ2v) is 35.1. The van der Waals surface area contributed by atoms with E-state index < -0.39 is 5.41 Å². The van der Waals surface area contributed by atoms with E-state index in [9.17, 15) is 0 Å². The summed E-state index contributed by atoms with van der Waals surface area (Å²) < 4.78 is 7.47. The number of allylic oxidation sites excluding steroid dienone is 3. The molecule has 7 heteroatoms. The van der Waals surface area contributed by atoms with Crippen molar-refractivity contribution < 1.29 is 0 Å². The summed E-state index contributed by atoms with van der Waals surface area (Å²) in [5, 5.41) is 12.1. The van der Waals surface area contributed by atoms with Crippen molar-refractivity contribution >= 4 is 173 Å². The lowest BCUT2D eigenvalue weighted by Gasteiger charge is -2.43. The molecule has 2 aliphatic rings. The number of hydrogen-bond acceptors (Lipinski definition) is 7. The molecule has 1 aliphatic heterocycles. The number of rotatable bonds is 15. The molecule has 0 fully saturated rings. The summed E-state index contributed by atoms with van der Waals surface area (Å²) in [7, 11) is 0. The first kappa shape index (κ1) is 70.5. The van der Waals surface area contributed by atoms with Crippen LogP contribution in [0.15, 0.2) is 440 Å². The number of benzene rings is 18. The maximum atomic E-state index is 5.52. The van der Waals surface area contributed by atoms with Gasteiger partial charge in [-0.2, -0.15) is 0 Å². The van der Waals surface area contributed by atoms with Gasteiger partial charge in [0.25, 0.3) is 0 Å². The summed E-state index contributed by atoms with van der Waals surface area (Å²) in [6.07, 6.45) is 4.71. The van der Waals surface area contributed by atoms with Gasteiger partial charge in [0.15, 0.2) is 0 Å². The summed E-state index contributed by atoms with van der Waals surface area (Å²) >= 11 is 7.47. The van der Waals surface area contributed by atoms with E-state index in [-0.39, 0.29) is 0 Å². The molecule has 0 saturated carbocycles. The minimum Gasteiger partial charge on any atom is -0.310 e. The molecule has 0 N–H and O–H groups in total. The molecule has 0 radical (unpaired) electrons. The molecule has 3 nitrogen and oxygen atoms in total. The molecular weight excluding hydrogens is 1520 g/mol. The van der Waals surface area contributed by atoms with Crippen LogP contribution in [0.4, 0.5) is 45.5 Å². The molecule has 119 heavy (non-hydrogen) atoms. The Hall–Kier alpha value is -13.9. The van der Waals surface area contributed by atoms with Crippen molar-refractivity contribution in [1.82, 2.24) is 0 Å². The first-order valence-electron chi connectivity index (χ1n) is 40.6. The maximum absolute atomic E-state index is 5.52. The molecule has 0 bridgehead atoms. The second kappa shape index (κ2) is 28.8. The van der Waals surface area contributed by atoms with Crippen LogP contribution in [0.3, 0.4) is 0 Å². The van der Waals surface area contributed by atoms with Gasteiger partial charge < -0.3 is 14.7 Å². The molecule has 1 aliphatic carbocycles. The van der Waals surface area contributed by atoms with Gasteiger partial charge in [-0.05, 0) is 204 Å². The van der Waals surface area contributed by atoms with Crippen molar-refractivity contribution in [3.63, 3.8) is 0 Å². The van der Waals surface area contributed by atoms with Crippen LogP contribution < -0.4 is 14.7 Å². The highest BCUT2D eigenvalue weighted by Crippen LogP contribution is 2.66. The van der Waals surface area contributed by atoms with Gasteiger partial charge in [0, 0.05) is 116 Å². The molecule has 0 amide bonds. The number of thioether (sulfide) groups is 1. The zero-order valence-electron chi connectivity index (χ0n) is 64.9. The zero-order chi connectivity index (χ0) is 78.8. The Morgan fingerprint density at radius 3 is 1.53 bits per heavy atom. The van der Waals surface area contributed by atoms with Crippen molar-refractivity contribution in [2.45, 2.75) is 17.2 Å². The van der Waals surface area contributed by atoms with Crippen LogP contribution >= 0.6 is 45.8 Å². The SMILES string of the molecule is C=C(C1=C(/C=C\C)C2(c3cc(N(c4ccc5ccccc5c4)c4cc(-c5ccc(-c6ccccc6)cc5)c5sc6ccccc6c5c4)ccc3S1)c1ccccc1-c1ccc(N(c3ccccc3)c3ccc(-c4cccc5ccccc45)c4sc5ccccc5c34)cc12)N(c1ccccc1)c1ccc(-c2ccccc2)c2sc3ccccc3c12. The molecule has 560 valence electrons. The summed E-state index contributed by atoms with van der Waals surface area (Å²) in [4.78, 5) is 9.77. The molecule has 3 aromatic heterocycles. The predicted molar refractivity (Wildman–Crippen MR) is 515 cm³/mol. The molecule has 1 atom stereocenters. The fourth-order valence-electron chi connectivity index (χ4n) is 19.1. The normalized spacial score (nSPS) is 13.7. The molecule has 1 spiro atoms. The van der Waals surface area contributed by atoms with Crippen LogP contribution in [0.1, 0.15) is 23.6 Å². The minimum atomic E-state index is -1.01. The first-order valence-corrected chi connectivity index (χ1v) is 43.8. The highest BCUT2D eigenvalue weighted by atomic mass is 32.2. The zero-order valence-corrected chi connectivity index (χ0v) is 68.2. The minimum absolute atomic E-state index is 0.872. The Balaban J connectivity index is 0.805. The Kier molecular flexibility index (Phi) is 17.1. The Morgan fingerprint density at radius 2 is 0.790 bits per heavy atom. The molecule has 18 aromatic carbocycles. The van der Waals surface area contributed by atoms with E-state index in [0.717, 1.165) is 77.5 Å². The quantitative estimate of drug-likeness (QED) is 0.101. The average molecular weight is 1590 g/mol. The molecule has 23 rings (SSSR count). The fourth-order valence-corrected chi connectivity index (χ4v) is 24.1. The molecular formula is C112H73N3S4. The standard InChI is InChI=1S/C112H73N3S4/c1-3-29-97-108(71(2)113(79-38-12-6-13-39-79)100-63-61-86(76-33-10-5-11-34-76)110-106(100)92-45-22-26-50-103(92)117-110)119-105-65-59-82(114(81-57-56-73-32-16-17-36-78(73)66-81)84-67-94(109-95(68-84)90-44-21-25-49-102(90)116-109)77-54-52-74(53-55-77)72-30-8-4-9-31-72)70-99(105)112(97)96-48-24-20-43-88(96)89-60-58-83(69-98(89)112)115(80-40-14-7-15-41-80)101-64-62-91(87-47-28-37-75-35-18-19-42-85(75)87)111-107(101)93-46-23-27-51-104(93)118-111/h3-70H,2H2,1H3/b29-3-. The van der Waals surface area contributed by atoms with Gasteiger partial charge in [0.05, 0.1) is 22.5 Å². The number of nitrogens with zero attached hydrogens (tertiary/aromatic N) is 3. The topological polar surface area (TPSA) is 9.72 Å². The van der Waals surface area contributed by atoms with Crippen LogP contribution in [-0.4, -0.2) is 0 Å². The van der Waals surface area contributed by atoms with Gasteiger partial charge >= 0.3 is 0 Å². The Labute approximate surface area is 707 Å². The van der Waals surface area contributed by atoms with Gasteiger partial charge in [0.2, 0.25) is 0 Å². The van der Waals surface area contributed by atoms with E-state index in [1.165, 1.54) is 143 Å². The van der Waals surface area contributed by atoms with Crippen molar-refractivity contribution in [2.75, 3.05) is 14.7 Å². The monoisotopic (exact) mass is 1590 g/mol. The smallest absolute Gasteiger partial charge is 0.0737 e. The molecule has 4 heterocycles. The Morgan fingerprint density at radius 1 is 0.294 bits per heavy atom. The number of hydrogen-bond donors (Lipinski definition) is 0. The van der Waals surface area contributed by atoms with Gasteiger partial charge in [-0.15, -0.1) is 34.0 Å². The van der Waals surface area contributed by atoms with Crippen LogP contribution in [0.25, 0.3) is 138 Å². The largest absolute Gasteiger partial charge is 0.310 e. The lowest BCUT2D eigenvalue weighted by molar-refractivity contribution is 0.738. The highest BCUT2D eigenvalue weighted by molar-refractivity contribution is 8.03. The van der Waals surface area contributed by atoms with E-state index in [4.69, 9.17) is 6.58 Å². The van der Waals surface area contributed by atoms with Gasteiger partial charge in [-0.25, -0.2) is 0 Å². The van der Waals surface area contributed by atoms with Crippen molar-refractivity contribution in [3.8, 4) is 55.6 Å². The third-order valence-corrected chi connectivity index (χ3v) is 29.2. The molecule has 21 aromatic rings. The fraction of sp³-hybridized carbons (Fsp3) is 0.0179. The number of anilines is 8. The van der Waals surface area contributed by atoms with Gasteiger partial charge in [0.1, 0.15) is 0 Å². The van der Waals surface area contributed by atoms with Crippen molar-refractivity contribution in [3.05, 3.63) is 452 Å². The third kappa shape index (κ3) is 11.4. The van der Waals surface area contributed by atoms with E-state index in [1.807, 2.05) is 45.8 Å². The lowest BCUT2D eigenvalue weighted by atomic mass is 9.66. The first-order chi connectivity index (χ1) is 58.9. The number of para-hydroxylation sites is 2. The highest BCUT2D eigenvalue weighted by Gasteiger charge is 2.52. The van der Waals surface area contributed by atoms with Crippen LogP contribution in [0.2, 0.25) is 0 Å². The van der Waals surface area contributed by atoms with E-state index in [2.05, 4.69) is 434 Å². The van der Waals surface area contributed by atoms with E-state index >= 15 is 0 Å². The summed E-state index contributed by atoms with van der Waals surface area (Å²) in [6, 6.07) is 150. The maximum Gasteiger partial charge on any atom is 0.0737 e. The predicted octanol–water partition coefficient (Wildman–Crippen LogP) is 33.3. The molecule has 0 saturated heterocycles. The van der Waals surface area contributed by atoms with Crippen molar-refractivity contribution in [2.24, 2.45) is 0 Å². The van der Waals surface area contributed by atoms with E-state index in [0.29, 0.717) is 0 Å². The summed E-state index contributed by atoms with van der Waals surface area (Å²) in [6.45, 7) is 7.72. The third-order valence-electron chi connectivity index (χ3n) is 24.3. The summed E-state index contributed by atoms with van der Waals surface area (Å²) in [5.74, 6) is 0. The van der Waals surface area contributed by atoms with Crippen molar-refractivity contribution in [1.29, 1.82) is 0 Å². The van der Waals surface area contributed by atoms with Crippen LogP contribution in [0.5, 0.6) is 0 Å². The van der Waals surface area contributed by atoms with Crippen LogP contribution in [-0.2, 0) is 5.41 Å². The van der Waals surface area contributed by atoms with Gasteiger partial charge in [-0.1, -0.05) is 322 Å². The number of thiophene rings is 3. The molecule has 1 unspecified atom stereocenters. The second-order valence-electron chi connectivity index (χ2n) is 30.9. The van der Waals surface area contributed by atoms with E-state index in [1.54, 1.807) is 0 Å². The summed E-state index contributed by atoms with van der Waals surface area (Å²) in [5.41, 5.74) is 24.9.